The molecule has 2 rings (SSSR count). The van der Waals surface area contributed by atoms with Crippen LogP contribution >= 0.6 is 0 Å². The van der Waals surface area contributed by atoms with Gasteiger partial charge >= 0.3 is 0 Å². The highest BCUT2D eigenvalue weighted by atomic mass is 32.2. The fourth-order valence-corrected chi connectivity index (χ4v) is 3.29. The van der Waals surface area contributed by atoms with Crippen LogP contribution in [0.25, 0.3) is 0 Å². The molecule has 0 amide bonds. The van der Waals surface area contributed by atoms with E-state index in [0.29, 0.717) is 19.3 Å². The van der Waals surface area contributed by atoms with Crippen LogP contribution in [0.3, 0.4) is 0 Å². The van der Waals surface area contributed by atoms with Gasteiger partial charge in [-0.15, -0.1) is 0 Å². The molecule has 0 unspecified atom stereocenters. The molecule has 1 aromatic heterocycles. The van der Waals surface area contributed by atoms with Crippen molar-refractivity contribution in [3.63, 3.8) is 0 Å². The molecule has 0 aromatic carbocycles. The zero-order valence-electron chi connectivity index (χ0n) is 13.8. The summed E-state index contributed by atoms with van der Waals surface area (Å²) < 4.78 is 23.2. The third kappa shape index (κ3) is 3.62. The summed E-state index contributed by atoms with van der Waals surface area (Å²) >= 11 is 0. The van der Waals surface area contributed by atoms with Crippen molar-refractivity contribution in [2.45, 2.75) is 56.8 Å². The van der Waals surface area contributed by atoms with Crippen LogP contribution in [0.2, 0.25) is 0 Å². The van der Waals surface area contributed by atoms with Crippen LogP contribution < -0.4 is 5.32 Å². The first-order valence-electron chi connectivity index (χ1n) is 7.42. The van der Waals surface area contributed by atoms with Gasteiger partial charge in [0.05, 0.1) is 11.8 Å². The van der Waals surface area contributed by atoms with Gasteiger partial charge in [0.15, 0.2) is 0 Å². The number of anilines is 1. The van der Waals surface area contributed by atoms with Crippen molar-refractivity contribution in [3.8, 4) is 6.07 Å². The minimum Gasteiger partial charge on any atom is -0.390 e. The van der Waals surface area contributed by atoms with E-state index < -0.39 is 15.4 Å². The Labute approximate surface area is 136 Å². The first kappa shape index (κ1) is 17.6. The number of nitrogens with zero attached hydrogens (tertiary/aromatic N) is 3. The molecule has 7 nitrogen and oxygen atoms in total. The van der Waals surface area contributed by atoms with Crippen LogP contribution in [0, 0.1) is 16.7 Å². The van der Waals surface area contributed by atoms with Crippen molar-refractivity contribution < 1.29 is 13.5 Å². The molecular weight excluding hydrogens is 316 g/mol. The minimum atomic E-state index is -3.54. The van der Waals surface area contributed by atoms with Gasteiger partial charge in [-0.3, -0.25) is 0 Å². The number of aromatic nitrogens is 2. The van der Waals surface area contributed by atoms with Crippen LogP contribution in [-0.4, -0.2) is 41.4 Å². The summed E-state index contributed by atoms with van der Waals surface area (Å²) in [6.45, 7) is 5.82. The molecule has 2 N–H and O–H groups in total. The summed E-state index contributed by atoms with van der Waals surface area (Å²) in [4.78, 5) is 7.72. The van der Waals surface area contributed by atoms with E-state index in [0.717, 1.165) is 6.26 Å². The maximum Gasteiger partial charge on any atom is 0.248 e. The van der Waals surface area contributed by atoms with E-state index in [1.54, 1.807) is 0 Å². The number of rotatable bonds is 3. The maximum absolute atomic E-state index is 11.6. The monoisotopic (exact) mass is 338 g/mol. The summed E-state index contributed by atoms with van der Waals surface area (Å²) in [5, 5.41) is 22.5. The van der Waals surface area contributed by atoms with Crippen molar-refractivity contribution >= 4 is 15.7 Å². The lowest BCUT2D eigenvalue weighted by molar-refractivity contribution is -0.0840. The Bertz CT molecular complexity index is 750. The van der Waals surface area contributed by atoms with E-state index in [1.165, 1.54) is 6.20 Å². The lowest BCUT2D eigenvalue weighted by Gasteiger charge is -2.47. The largest absolute Gasteiger partial charge is 0.390 e. The van der Waals surface area contributed by atoms with Gasteiger partial charge in [0.1, 0.15) is 17.5 Å². The van der Waals surface area contributed by atoms with Crippen LogP contribution in [0.5, 0.6) is 0 Å². The molecule has 1 fully saturated rings. The maximum atomic E-state index is 11.6. The second kappa shape index (κ2) is 5.73. The van der Waals surface area contributed by atoms with Gasteiger partial charge in [0.25, 0.3) is 0 Å². The summed E-state index contributed by atoms with van der Waals surface area (Å²) in [6, 6.07) is 1.97. The number of hydrogen-bond acceptors (Lipinski definition) is 7. The molecule has 1 saturated carbocycles. The van der Waals surface area contributed by atoms with Crippen LogP contribution in [0.15, 0.2) is 11.4 Å². The van der Waals surface area contributed by atoms with Crippen molar-refractivity contribution in [1.82, 2.24) is 9.97 Å². The topological polar surface area (TPSA) is 116 Å². The molecule has 0 radical (unpaired) electrons. The summed E-state index contributed by atoms with van der Waals surface area (Å²) in [5.41, 5.74) is -0.859. The Hall–Kier alpha value is -1.72. The predicted molar refractivity (Wildman–Crippen MR) is 85.5 cm³/mol. The Morgan fingerprint density at radius 2 is 2.09 bits per heavy atom. The van der Waals surface area contributed by atoms with Gasteiger partial charge in [-0.1, -0.05) is 13.8 Å². The standard InChI is InChI=1S/C15H22N4O3S/c1-14(2)7-11(5-6-15(14,3)20)18-12-10(8-16)9-17-13(19-12)23(4,21)22/h9,11,20H,5-7H2,1-4H3,(H,17,18,19)/t11-,15-/m1/s1. The van der Waals surface area contributed by atoms with Crippen LogP contribution in [0.4, 0.5) is 5.82 Å². The number of hydrogen-bond donors (Lipinski definition) is 2. The molecule has 126 valence electrons. The first-order chi connectivity index (χ1) is 10.5. The third-order valence-electron chi connectivity index (χ3n) is 4.75. The Kier molecular flexibility index (Phi) is 4.39. The van der Waals surface area contributed by atoms with Gasteiger partial charge < -0.3 is 10.4 Å². The molecule has 0 spiro atoms. The summed E-state index contributed by atoms with van der Waals surface area (Å²) in [5.74, 6) is 0.227. The Morgan fingerprint density at radius 3 is 2.61 bits per heavy atom. The lowest BCUT2D eigenvalue weighted by Crippen LogP contribution is -2.49. The molecule has 0 bridgehead atoms. The van der Waals surface area contributed by atoms with Crippen molar-refractivity contribution in [1.29, 1.82) is 5.26 Å². The highest BCUT2D eigenvalue weighted by Crippen LogP contribution is 2.44. The molecule has 0 aliphatic heterocycles. The fraction of sp³-hybridized carbons (Fsp3) is 0.667. The average molecular weight is 338 g/mol. The van der Waals surface area contributed by atoms with Gasteiger partial charge in [0.2, 0.25) is 15.0 Å². The van der Waals surface area contributed by atoms with E-state index in [9.17, 15) is 13.5 Å². The summed E-state index contributed by atoms with van der Waals surface area (Å²) in [6.07, 6.45) is 4.25. The molecule has 1 aliphatic carbocycles. The second-order valence-corrected chi connectivity index (χ2v) is 8.95. The lowest BCUT2D eigenvalue weighted by atomic mass is 9.65. The number of aliphatic hydroxyl groups is 1. The molecule has 23 heavy (non-hydrogen) atoms. The van der Waals surface area contributed by atoms with Crippen LogP contribution in [0.1, 0.15) is 45.6 Å². The van der Waals surface area contributed by atoms with Gasteiger partial charge in [-0.2, -0.15) is 10.2 Å². The highest BCUT2D eigenvalue weighted by molar-refractivity contribution is 7.90. The number of nitrogens with one attached hydrogen (secondary N) is 1. The summed E-state index contributed by atoms with van der Waals surface area (Å²) in [7, 11) is -3.54. The van der Waals surface area contributed by atoms with Crippen molar-refractivity contribution in [2.75, 3.05) is 11.6 Å². The SMILES string of the molecule is CC1(C)C[C@H](Nc2nc(S(C)(=O)=O)ncc2C#N)CC[C@@]1(C)O. The van der Waals surface area contributed by atoms with Gasteiger partial charge in [-0.05, 0) is 31.6 Å². The smallest absolute Gasteiger partial charge is 0.248 e. The highest BCUT2D eigenvalue weighted by Gasteiger charge is 2.44. The zero-order valence-corrected chi connectivity index (χ0v) is 14.6. The Balaban J connectivity index is 2.29. The second-order valence-electron chi connectivity index (χ2n) is 7.04. The molecule has 1 heterocycles. The predicted octanol–water partition coefficient (Wildman–Crippen LogP) is 1.49. The van der Waals surface area contributed by atoms with E-state index in [1.807, 2.05) is 26.8 Å². The zero-order chi connectivity index (χ0) is 17.5. The molecule has 1 aromatic rings. The van der Waals surface area contributed by atoms with E-state index in [-0.39, 0.29) is 28.0 Å². The molecule has 8 heteroatoms. The first-order valence-corrected chi connectivity index (χ1v) is 9.31. The van der Waals surface area contributed by atoms with Crippen molar-refractivity contribution in [3.05, 3.63) is 11.8 Å². The molecule has 0 saturated heterocycles. The van der Waals surface area contributed by atoms with E-state index in [2.05, 4.69) is 15.3 Å². The van der Waals surface area contributed by atoms with E-state index in [4.69, 9.17) is 5.26 Å². The van der Waals surface area contributed by atoms with Gasteiger partial charge in [-0.25, -0.2) is 13.4 Å². The quantitative estimate of drug-likeness (QED) is 0.802. The molecule has 2 atom stereocenters. The molecular formula is C15H22N4O3S. The number of nitriles is 1. The van der Waals surface area contributed by atoms with E-state index >= 15 is 0 Å². The fourth-order valence-electron chi connectivity index (χ4n) is 2.78. The average Bonchev–Trinajstić information content (AvgIpc) is 2.42. The minimum absolute atomic E-state index is 0.000338. The molecule has 1 aliphatic rings. The van der Waals surface area contributed by atoms with Gasteiger partial charge in [0, 0.05) is 12.3 Å². The number of sulfone groups is 1. The Morgan fingerprint density at radius 1 is 1.43 bits per heavy atom. The van der Waals surface area contributed by atoms with Crippen LogP contribution in [-0.2, 0) is 9.84 Å². The van der Waals surface area contributed by atoms with Crippen molar-refractivity contribution in [2.24, 2.45) is 5.41 Å². The normalized spacial score (nSPS) is 27.2. The third-order valence-corrected chi connectivity index (χ3v) is 5.61.